The van der Waals surface area contributed by atoms with Gasteiger partial charge in [0.25, 0.3) is 0 Å². The number of hydrogen-bond donors (Lipinski definition) is 0. The minimum absolute atomic E-state index is 0.0370. The lowest BCUT2D eigenvalue weighted by Crippen LogP contribution is -1.90. The van der Waals surface area contributed by atoms with Crippen LogP contribution in [0.25, 0.3) is 0 Å². The second-order valence-corrected chi connectivity index (χ2v) is 2.04. The second-order valence-electron chi connectivity index (χ2n) is 1.63. The molecule has 0 N–H and O–H groups in total. The Balaban J connectivity index is 3.15. The average Bonchev–Trinajstić information content (AvgIpc) is 1.88. The lowest BCUT2D eigenvalue weighted by molar-refractivity contribution is 0.0836. The standard InChI is InChI=1S/C6H3ClFNO/c7-5-3-9-2-1-4(5)6(8)10/h1-3H. The molecule has 52 valence electrons. The van der Waals surface area contributed by atoms with Crippen LogP contribution in [0.1, 0.15) is 10.4 Å². The van der Waals surface area contributed by atoms with Crippen LogP contribution in [0.5, 0.6) is 0 Å². The summed E-state index contributed by atoms with van der Waals surface area (Å²) in [4.78, 5) is 13.7. The SMILES string of the molecule is O=C(F)c1ccncc1Cl. The summed E-state index contributed by atoms with van der Waals surface area (Å²) in [7, 11) is 0. The van der Waals surface area contributed by atoms with Gasteiger partial charge in [0, 0.05) is 12.4 Å². The fraction of sp³-hybridized carbons (Fsp3) is 0. The van der Waals surface area contributed by atoms with Crippen molar-refractivity contribution in [3.05, 3.63) is 29.0 Å². The molecule has 1 aromatic rings. The van der Waals surface area contributed by atoms with E-state index in [2.05, 4.69) is 4.98 Å². The van der Waals surface area contributed by atoms with Crippen molar-refractivity contribution in [3.8, 4) is 0 Å². The molecule has 10 heavy (non-hydrogen) atoms. The van der Waals surface area contributed by atoms with Gasteiger partial charge in [0.1, 0.15) is 0 Å². The van der Waals surface area contributed by atoms with Crippen molar-refractivity contribution in [2.24, 2.45) is 0 Å². The highest BCUT2D eigenvalue weighted by Crippen LogP contribution is 2.13. The molecular formula is C6H3ClFNO. The molecular weight excluding hydrogens is 157 g/mol. The van der Waals surface area contributed by atoms with Gasteiger partial charge < -0.3 is 0 Å². The Bertz CT molecular complexity index is 264. The largest absolute Gasteiger partial charge is 0.333 e. The van der Waals surface area contributed by atoms with Crippen LogP contribution < -0.4 is 0 Å². The number of pyridine rings is 1. The molecule has 0 aliphatic carbocycles. The van der Waals surface area contributed by atoms with E-state index in [4.69, 9.17) is 11.6 Å². The molecule has 0 radical (unpaired) electrons. The molecule has 0 fully saturated rings. The van der Waals surface area contributed by atoms with E-state index in [-0.39, 0.29) is 10.6 Å². The summed E-state index contributed by atoms with van der Waals surface area (Å²) in [6.07, 6.45) is 2.52. The van der Waals surface area contributed by atoms with Crippen LogP contribution >= 0.6 is 11.6 Å². The first-order chi connectivity index (χ1) is 4.72. The smallest absolute Gasteiger partial charge is 0.263 e. The van der Waals surface area contributed by atoms with Crippen LogP contribution in [0.3, 0.4) is 0 Å². The van der Waals surface area contributed by atoms with Crippen molar-refractivity contribution >= 4 is 17.6 Å². The summed E-state index contributed by atoms with van der Waals surface area (Å²) in [5.74, 6) is 0. The third-order valence-corrected chi connectivity index (χ3v) is 1.29. The summed E-state index contributed by atoms with van der Waals surface area (Å²) in [6.45, 7) is 0. The van der Waals surface area contributed by atoms with E-state index in [0.717, 1.165) is 0 Å². The molecule has 4 heteroatoms. The molecule has 0 unspecified atom stereocenters. The summed E-state index contributed by atoms with van der Waals surface area (Å²) in [6, 6.07) is -0.308. The third-order valence-electron chi connectivity index (χ3n) is 0.984. The Morgan fingerprint density at radius 2 is 2.40 bits per heavy atom. The first kappa shape index (κ1) is 7.15. The predicted octanol–water partition coefficient (Wildman–Crippen LogP) is 1.84. The van der Waals surface area contributed by atoms with Crippen molar-refractivity contribution < 1.29 is 9.18 Å². The van der Waals surface area contributed by atoms with Crippen LogP contribution in [0.4, 0.5) is 4.39 Å². The van der Waals surface area contributed by atoms with E-state index in [1.54, 1.807) is 0 Å². The van der Waals surface area contributed by atoms with Gasteiger partial charge in [-0.3, -0.25) is 9.78 Å². The maximum Gasteiger partial charge on any atom is 0.333 e. The van der Waals surface area contributed by atoms with Gasteiger partial charge in [-0.1, -0.05) is 11.6 Å². The molecule has 0 aliphatic rings. The van der Waals surface area contributed by atoms with Crippen molar-refractivity contribution in [1.29, 1.82) is 0 Å². The van der Waals surface area contributed by atoms with Gasteiger partial charge in [-0.05, 0) is 6.07 Å². The van der Waals surface area contributed by atoms with E-state index < -0.39 is 6.04 Å². The zero-order valence-corrected chi connectivity index (χ0v) is 5.60. The van der Waals surface area contributed by atoms with E-state index >= 15 is 0 Å². The summed E-state index contributed by atoms with van der Waals surface area (Å²) in [5, 5.41) is 0.0370. The number of hydrogen-bond acceptors (Lipinski definition) is 2. The Morgan fingerprint density at radius 1 is 1.70 bits per heavy atom. The first-order valence-electron chi connectivity index (χ1n) is 2.51. The lowest BCUT2D eigenvalue weighted by atomic mass is 10.3. The average molecular weight is 160 g/mol. The number of halogens is 2. The highest BCUT2D eigenvalue weighted by Gasteiger charge is 2.06. The molecule has 1 aromatic heterocycles. The van der Waals surface area contributed by atoms with Crippen LogP contribution in [0.15, 0.2) is 18.5 Å². The number of rotatable bonds is 1. The summed E-state index contributed by atoms with van der Waals surface area (Å²) >= 11 is 5.40. The molecule has 0 aliphatic heterocycles. The normalized spacial score (nSPS) is 9.40. The highest BCUT2D eigenvalue weighted by molar-refractivity contribution is 6.33. The Labute approximate surface area is 61.6 Å². The summed E-state index contributed by atoms with van der Waals surface area (Å²) < 4.78 is 11.9. The number of aromatic nitrogens is 1. The fourth-order valence-electron chi connectivity index (χ4n) is 0.535. The zero-order chi connectivity index (χ0) is 7.56. The maximum atomic E-state index is 11.9. The van der Waals surface area contributed by atoms with Gasteiger partial charge in [-0.25, -0.2) is 0 Å². The molecule has 0 amide bonds. The second kappa shape index (κ2) is 2.75. The third kappa shape index (κ3) is 1.30. The molecule has 0 bridgehead atoms. The van der Waals surface area contributed by atoms with Crippen LogP contribution in [-0.4, -0.2) is 11.0 Å². The molecule has 0 atom stereocenters. The van der Waals surface area contributed by atoms with Gasteiger partial charge in [0.05, 0.1) is 10.6 Å². The van der Waals surface area contributed by atoms with E-state index in [0.29, 0.717) is 0 Å². The number of nitrogens with zero attached hydrogens (tertiary/aromatic N) is 1. The van der Waals surface area contributed by atoms with Crippen LogP contribution in [-0.2, 0) is 0 Å². The Kier molecular flexibility index (Phi) is 1.97. The molecule has 1 rings (SSSR count). The molecule has 2 nitrogen and oxygen atoms in total. The quantitative estimate of drug-likeness (QED) is 0.586. The predicted molar refractivity (Wildman–Crippen MR) is 34.7 cm³/mol. The van der Waals surface area contributed by atoms with Gasteiger partial charge in [-0.2, -0.15) is 4.39 Å². The van der Waals surface area contributed by atoms with Crippen molar-refractivity contribution in [1.82, 2.24) is 4.98 Å². The van der Waals surface area contributed by atoms with Crippen molar-refractivity contribution in [2.45, 2.75) is 0 Å². The minimum Gasteiger partial charge on any atom is -0.263 e. The summed E-state index contributed by atoms with van der Waals surface area (Å²) in [5.41, 5.74) is -0.142. The van der Waals surface area contributed by atoms with E-state index in [1.807, 2.05) is 0 Å². The number of carbonyl (C=O) groups is 1. The molecule has 0 aromatic carbocycles. The molecule has 0 saturated heterocycles. The molecule has 0 saturated carbocycles. The highest BCUT2D eigenvalue weighted by atomic mass is 35.5. The van der Waals surface area contributed by atoms with Crippen molar-refractivity contribution in [3.63, 3.8) is 0 Å². The van der Waals surface area contributed by atoms with Crippen LogP contribution in [0.2, 0.25) is 5.02 Å². The first-order valence-corrected chi connectivity index (χ1v) is 2.89. The van der Waals surface area contributed by atoms with Crippen molar-refractivity contribution in [2.75, 3.05) is 0 Å². The maximum absolute atomic E-state index is 11.9. The van der Waals surface area contributed by atoms with Gasteiger partial charge >= 0.3 is 6.04 Å². The molecule has 0 spiro atoms. The zero-order valence-electron chi connectivity index (χ0n) is 4.84. The molecule has 1 heterocycles. The monoisotopic (exact) mass is 159 g/mol. The van der Waals surface area contributed by atoms with E-state index in [9.17, 15) is 9.18 Å². The van der Waals surface area contributed by atoms with Gasteiger partial charge in [0.15, 0.2) is 0 Å². The van der Waals surface area contributed by atoms with Gasteiger partial charge in [-0.15, -0.1) is 0 Å². The Hall–Kier alpha value is -0.960. The van der Waals surface area contributed by atoms with Crippen LogP contribution in [0, 0.1) is 0 Å². The van der Waals surface area contributed by atoms with Gasteiger partial charge in [0.2, 0.25) is 0 Å². The topological polar surface area (TPSA) is 30.0 Å². The van der Waals surface area contributed by atoms with E-state index in [1.165, 1.54) is 18.5 Å². The minimum atomic E-state index is -1.53. The Morgan fingerprint density at radius 3 is 2.80 bits per heavy atom. The number of carbonyl (C=O) groups excluding carboxylic acids is 1. The fourth-order valence-corrected chi connectivity index (χ4v) is 0.728. The lowest BCUT2D eigenvalue weighted by Gasteiger charge is -1.92.